The Labute approximate surface area is 282 Å². The van der Waals surface area contributed by atoms with Gasteiger partial charge in [0.05, 0.1) is 39.0 Å². The number of nitrogens with zero attached hydrogens (tertiary/aromatic N) is 2. The molecule has 0 heterocycles. The quantitative estimate of drug-likeness (QED) is 0.194. The van der Waals surface area contributed by atoms with Gasteiger partial charge in [0.1, 0.15) is 24.1 Å². The van der Waals surface area contributed by atoms with E-state index in [2.05, 4.69) is 5.32 Å². The molecular formula is C36H41N3O8S. The van der Waals surface area contributed by atoms with Crippen LogP contribution in [0.3, 0.4) is 0 Å². The predicted octanol–water partition coefficient (Wildman–Crippen LogP) is 4.61. The van der Waals surface area contributed by atoms with Gasteiger partial charge in [-0.1, -0.05) is 60.2 Å². The first kappa shape index (κ1) is 35.6. The van der Waals surface area contributed by atoms with Crippen molar-refractivity contribution in [3.8, 4) is 23.0 Å². The van der Waals surface area contributed by atoms with Gasteiger partial charge in [-0.15, -0.1) is 0 Å². The summed E-state index contributed by atoms with van der Waals surface area (Å²) >= 11 is 0. The summed E-state index contributed by atoms with van der Waals surface area (Å²) in [7, 11) is 2.72. The minimum atomic E-state index is -4.47. The van der Waals surface area contributed by atoms with Crippen LogP contribution in [0.2, 0.25) is 0 Å². The lowest BCUT2D eigenvalue weighted by atomic mass is 10.0. The van der Waals surface area contributed by atoms with Crippen molar-refractivity contribution in [3.05, 3.63) is 108 Å². The van der Waals surface area contributed by atoms with E-state index in [0.717, 1.165) is 21.0 Å². The third-order valence-electron chi connectivity index (χ3n) is 7.87. The molecule has 4 aromatic rings. The predicted molar refractivity (Wildman–Crippen MR) is 183 cm³/mol. The third-order valence-corrected chi connectivity index (χ3v) is 9.62. The van der Waals surface area contributed by atoms with Gasteiger partial charge in [-0.05, 0) is 42.3 Å². The zero-order valence-electron chi connectivity index (χ0n) is 27.9. The second-order valence-electron chi connectivity index (χ2n) is 10.9. The Morgan fingerprint density at radius 3 is 2.00 bits per heavy atom. The Kier molecular flexibility index (Phi) is 11.9. The highest BCUT2D eigenvalue weighted by molar-refractivity contribution is 7.92. The summed E-state index contributed by atoms with van der Waals surface area (Å²) in [6.45, 7) is 1.33. The van der Waals surface area contributed by atoms with Crippen LogP contribution in [0.1, 0.15) is 16.7 Å². The maximum Gasteiger partial charge on any atom is 0.265 e. The first-order valence-electron chi connectivity index (χ1n) is 15.1. The zero-order valence-corrected chi connectivity index (χ0v) is 28.7. The highest BCUT2D eigenvalue weighted by atomic mass is 32.2. The van der Waals surface area contributed by atoms with Crippen molar-refractivity contribution in [3.63, 3.8) is 0 Å². The minimum absolute atomic E-state index is 0.0452. The molecule has 0 aliphatic heterocycles. The summed E-state index contributed by atoms with van der Waals surface area (Å²) in [6.07, 6.45) is 0.197. The molecule has 0 saturated heterocycles. The number of carbonyl (C=O) groups excluding carboxylic acids is 2. The third kappa shape index (κ3) is 8.18. The number of rotatable bonds is 15. The summed E-state index contributed by atoms with van der Waals surface area (Å²) in [6, 6.07) is 24.8. The number of anilines is 1. The average Bonchev–Trinajstić information content (AvgIpc) is 3.12. The molecule has 0 aromatic heterocycles. The minimum Gasteiger partial charge on any atom is -0.497 e. The second kappa shape index (κ2) is 16.1. The molecular weight excluding hydrogens is 634 g/mol. The lowest BCUT2D eigenvalue weighted by molar-refractivity contribution is -0.139. The lowest BCUT2D eigenvalue weighted by Crippen LogP contribution is -2.53. The van der Waals surface area contributed by atoms with Crippen LogP contribution in [-0.2, 0) is 32.6 Å². The van der Waals surface area contributed by atoms with Gasteiger partial charge in [-0.2, -0.15) is 0 Å². The van der Waals surface area contributed by atoms with Crippen LogP contribution in [-0.4, -0.2) is 73.2 Å². The van der Waals surface area contributed by atoms with E-state index in [4.69, 9.17) is 18.9 Å². The molecule has 12 heteroatoms. The number of hydrogen-bond donors (Lipinski definition) is 1. The molecule has 1 N–H and O–H groups in total. The highest BCUT2D eigenvalue weighted by Crippen LogP contribution is 2.38. The van der Waals surface area contributed by atoms with E-state index >= 15 is 0 Å². The molecule has 254 valence electrons. The van der Waals surface area contributed by atoms with Gasteiger partial charge in [0.25, 0.3) is 10.0 Å². The maximum atomic E-state index is 14.6. The monoisotopic (exact) mass is 675 g/mol. The van der Waals surface area contributed by atoms with E-state index in [1.54, 1.807) is 12.1 Å². The zero-order chi connectivity index (χ0) is 34.8. The summed E-state index contributed by atoms with van der Waals surface area (Å²) in [5.74, 6) is 0.0312. The molecule has 0 spiro atoms. The van der Waals surface area contributed by atoms with Crippen molar-refractivity contribution in [1.82, 2.24) is 10.2 Å². The number of likely N-dealkylation sites (N-methyl/N-ethyl adjacent to an activating group) is 1. The van der Waals surface area contributed by atoms with Crippen LogP contribution in [0.25, 0.3) is 0 Å². The van der Waals surface area contributed by atoms with Gasteiger partial charge in [0.2, 0.25) is 11.8 Å². The van der Waals surface area contributed by atoms with E-state index in [0.29, 0.717) is 11.5 Å². The van der Waals surface area contributed by atoms with Crippen LogP contribution in [0.15, 0.2) is 95.9 Å². The van der Waals surface area contributed by atoms with E-state index < -0.39 is 34.4 Å². The SMILES string of the molecule is CNC(=O)[C@H](Cc1ccccc1)N(Cc1ccc(C)cc1)C(=O)CN(c1cc(OC)ccc1OC)S(=O)(=O)c1ccc(OC)c(OC)c1. The lowest BCUT2D eigenvalue weighted by Gasteiger charge is -2.34. The van der Waals surface area contributed by atoms with Crippen molar-refractivity contribution >= 4 is 27.5 Å². The van der Waals surface area contributed by atoms with Crippen molar-refractivity contribution in [2.24, 2.45) is 0 Å². The number of aryl methyl sites for hydroxylation is 1. The van der Waals surface area contributed by atoms with Gasteiger partial charge >= 0.3 is 0 Å². The summed E-state index contributed by atoms with van der Waals surface area (Å²) in [5, 5.41) is 2.69. The van der Waals surface area contributed by atoms with Crippen molar-refractivity contribution in [2.75, 3.05) is 46.3 Å². The first-order chi connectivity index (χ1) is 23.1. The van der Waals surface area contributed by atoms with Crippen LogP contribution < -0.4 is 28.6 Å². The molecule has 0 unspecified atom stereocenters. The molecule has 0 radical (unpaired) electrons. The molecule has 48 heavy (non-hydrogen) atoms. The molecule has 4 aromatic carbocycles. The Balaban J connectivity index is 1.88. The van der Waals surface area contributed by atoms with Gasteiger partial charge in [-0.3, -0.25) is 13.9 Å². The van der Waals surface area contributed by atoms with Gasteiger partial charge < -0.3 is 29.2 Å². The Morgan fingerprint density at radius 2 is 1.40 bits per heavy atom. The van der Waals surface area contributed by atoms with Crippen LogP contribution >= 0.6 is 0 Å². The van der Waals surface area contributed by atoms with E-state index in [-0.39, 0.29) is 35.0 Å². The second-order valence-corrected chi connectivity index (χ2v) is 12.8. The fraction of sp³-hybridized carbons (Fsp3) is 0.278. The fourth-order valence-electron chi connectivity index (χ4n) is 5.22. The number of amides is 2. The molecule has 0 aliphatic carbocycles. The number of carbonyl (C=O) groups is 2. The fourth-order valence-corrected chi connectivity index (χ4v) is 6.65. The van der Waals surface area contributed by atoms with Crippen LogP contribution in [0.4, 0.5) is 5.69 Å². The van der Waals surface area contributed by atoms with Gasteiger partial charge in [0, 0.05) is 32.1 Å². The summed E-state index contributed by atoms with van der Waals surface area (Å²) in [5.41, 5.74) is 2.69. The molecule has 0 saturated carbocycles. The number of ether oxygens (including phenoxy) is 4. The Morgan fingerprint density at radius 1 is 0.750 bits per heavy atom. The normalized spacial score (nSPS) is 11.6. The van der Waals surface area contributed by atoms with E-state index in [9.17, 15) is 18.0 Å². The molecule has 0 aliphatic rings. The number of methoxy groups -OCH3 is 4. The molecule has 0 fully saturated rings. The average molecular weight is 676 g/mol. The number of nitrogens with one attached hydrogen (secondary N) is 1. The Bertz CT molecular complexity index is 1820. The Hall–Kier alpha value is -5.23. The molecule has 11 nitrogen and oxygen atoms in total. The number of sulfonamides is 1. The molecule has 2 amide bonds. The van der Waals surface area contributed by atoms with Gasteiger partial charge in [-0.25, -0.2) is 8.42 Å². The molecule has 0 bridgehead atoms. The van der Waals surface area contributed by atoms with E-state index in [1.807, 2.05) is 61.5 Å². The van der Waals surface area contributed by atoms with Gasteiger partial charge in [0.15, 0.2) is 11.5 Å². The highest BCUT2D eigenvalue weighted by Gasteiger charge is 2.36. The van der Waals surface area contributed by atoms with Crippen molar-refractivity contribution in [2.45, 2.75) is 30.8 Å². The van der Waals surface area contributed by atoms with Crippen molar-refractivity contribution < 1.29 is 37.0 Å². The smallest absolute Gasteiger partial charge is 0.265 e. The first-order valence-corrected chi connectivity index (χ1v) is 16.6. The van der Waals surface area contributed by atoms with E-state index in [1.165, 1.54) is 64.7 Å². The van der Waals surface area contributed by atoms with Crippen LogP contribution in [0.5, 0.6) is 23.0 Å². The number of benzene rings is 4. The number of hydrogen-bond acceptors (Lipinski definition) is 8. The van der Waals surface area contributed by atoms with Crippen molar-refractivity contribution in [1.29, 1.82) is 0 Å². The maximum absolute atomic E-state index is 14.6. The standard InChI is InChI=1S/C36H41N3O8S/c1-25-12-14-27(15-13-25)23-38(31(36(41)37-2)20-26-10-8-7-9-11-26)35(40)24-39(30-21-28(44-3)16-18-32(30)45-4)48(42,43)29-17-19-33(46-5)34(22-29)47-6/h7-19,21-22,31H,20,23-24H2,1-6H3,(H,37,41)/t31-/m0/s1. The van der Waals surface area contributed by atoms with Crippen LogP contribution in [0, 0.1) is 6.92 Å². The summed E-state index contributed by atoms with van der Waals surface area (Å²) in [4.78, 5) is 29.4. The molecule has 1 atom stereocenters. The topological polar surface area (TPSA) is 124 Å². The largest absolute Gasteiger partial charge is 0.497 e. The molecule has 4 rings (SSSR count). The summed E-state index contributed by atoms with van der Waals surface area (Å²) < 4.78 is 51.8.